The molecule has 0 unspecified atom stereocenters. The molecule has 0 radical (unpaired) electrons. The molecule has 0 aromatic carbocycles. The molecule has 0 saturated heterocycles. The summed E-state index contributed by atoms with van der Waals surface area (Å²) in [7, 11) is 0. The van der Waals surface area contributed by atoms with Gasteiger partial charge in [-0.05, 0) is 12.8 Å². The molecule has 1 aliphatic carbocycles. The number of nitriles is 2. The SMILES string of the molecule is N#CCN(CC#N)c1cc(N)nc(C2CC2)n1. The molecule has 86 valence electrons. The van der Waals surface area contributed by atoms with Crippen molar-refractivity contribution in [1.82, 2.24) is 9.97 Å². The van der Waals surface area contributed by atoms with Crippen LogP contribution in [0.5, 0.6) is 0 Å². The van der Waals surface area contributed by atoms with E-state index in [0.29, 0.717) is 17.6 Å². The summed E-state index contributed by atoms with van der Waals surface area (Å²) in [5.74, 6) is 2.06. The Bertz CT molecular complexity index is 478. The fraction of sp³-hybridized carbons (Fsp3) is 0.455. The van der Waals surface area contributed by atoms with E-state index in [2.05, 4.69) is 9.97 Å². The van der Waals surface area contributed by atoms with Crippen molar-refractivity contribution in [2.75, 3.05) is 23.7 Å². The lowest BCUT2D eigenvalue weighted by molar-refractivity contribution is 0.875. The fourth-order valence-electron chi connectivity index (χ4n) is 1.55. The molecule has 17 heavy (non-hydrogen) atoms. The maximum atomic E-state index is 8.71. The normalized spacial score (nSPS) is 13.8. The predicted molar refractivity (Wildman–Crippen MR) is 61.9 cm³/mol. The summed E-state index contributed by atoms with van der Waals surface area (Å²) >= 11 is 0. The molecule has 6 heteroatoms. The van der Waals surface area contributed by atoms with Gasteiger partial charge in [0.15, 0.2) is 0 Å². The van der Waals surface area contributed by atoms with Crippen molar-refractivity contribution in [3.05, 3.63) is 11.9 Å². The highest BCUT2D eigenvalue weighted by Gasteiger charge is 2.27. The Morgan fingerprint density at radius 2 is 1.94 bits per heavy atom. The lowest BCUT2D eigenvalue weighted by atomic mass is 10.3. The maximum Gasteiger partial charge on any atom is 0.136 e. The van der Waals surface area contributed by atoms with E-state index in [0.717, 1.165) is 18.7 Å². The van der Waals surface area contributed by atoms with Gasteiger partial charge < -0.3 is 10.6 Å². The Morgan fingerprint density at radius 1 is 1.29 bits per heavy atom. The average molecular weight is 228 g/mol. The number of nitrogens with zero attached hydrogens (tertiary/aromatic N) is 5. The van der Waals surface area contributed by atoms with Crippen molar-refractivity contribution in [1.29, 1.82) is 10.5 Å². The van der Waals surface area contributed by atoms with E-state index in [9.17, 15) is 0 Å². The van der Waals surface area contributed by atoms with Gasteiger partial charge in [-0.3, -0.25) is 0 Å². The van der Waals surface area contributed by atoms with Crippen LogP contribution in [-0.4, -0.2) is 23.1 Å². The summed E-state index contributed by atoms with van der Waals surface area (Å²) in [6.45, 7) is 0.238. The Kier molecular flexibility index (Phi) is 3.06. The smallest absolute Gasteiger partial charge is 0.136 e. The molecule has 1 fully saturated rings. The zero-order valence-electron chi connectivity index (χ0n) is 9.30. The minimum absolute atomic E-state index is 0.119. The van der Waals surface area contributed by atoms with E-state index >= 15 is 0 Å². The molecule has 1 aliphatic rings. The van der Waals surface area contributed by atoms with Gasteiger partial charge >= 0.3 is 0 Å². The summed E-state index contributed by atoms with van der Waals surface area (Å²) in [6.07, 6.45) is 2.17. The van der Waals surface area contributed by atoms with Gasteiger partial charge in [-0.15, -0.1) is 0 Å². The first-order chi connectivity index (χ1) is 8.24. The van der Waals surface area contributed by atoms with Gasteiger partial charge in [-0.1, -0.05) is 0 Å². The second-order valence-corrected chi connectivity index (χ2v) is 3.96. The van der Waals surface area contributed by atoms with Gasteiger partial charge in [0.2, 0.25) is 0 Å². The van der Waals surface area contributed by atoms with Crippen LogP contribution < -0.4 is 10.6 Å². The van der Waals surface area contributed by atoms with E-state index in [1.54, 1.807) is 11.0 Å². The van der Waals surface area contributed by atoms with Crippen LogP contribution in [0.4, 0.5) is 11.6 Å². The highest BCUT2D eigenvalue weighted by Crippen LogP contribution is 2.38. The van der Waals surface area contributed by atoms with Gasteiger partial charge in [0.25, 0.3) is 0 Å². The van der Waals surface area contributed by atoms with Crippen LogP contribution in [0.25, 0.3) is 0 Å². The van der Waals surface area contributed by atoms with Crippen LogP contribution in [0.15, 0.2) is 6.07 Å². The Morgan fingerprint density at radius 3 is 2.47 bits per heavy atom. The summed E-state index contributed by atoms with van der Waals surface area (Å²) < 4.78 is 0. The fourth-order valence-corrected chi connectivity index (χ4v) is 1.55. The summed E-state index contributed by atoms with van der Waals surface area (Å²) in [5, 5.41) is 17.4. The monoisotopic (exact) mass is 228 g/mol. The van der Waals surface area contributed by atoms with Gasteiger partial charge in [0.1, 0.15) is 30.5 Å². The molecule has 1 saturated carbocycles. The highest BCUT2D eigenvalue weighted by atomic mass is 15.2. The van der Waals surface area contributed by atoms with Crippen molar-refractivity contribution in [2.45, 2.75) is 18.8 Å². The minimum atomic E-state index is 0.119. The van der Waals surface area contributed by atoms with E-state index in [-0.39, 0.29) is 13.1 Å². The van der Waals surface area contributed by atoms with Crippen LogP contribution in [0.1, 0.15) is 24.6 Å². The van der Waals surface area contributed by atoms with Crippen molar-refractivity contribution < 1.29 is 0 Å². The molecule has 1 heterocycles. The number of anilines is 2. The molecule has 0 spiro atoms. The summed E-state index contributed by atoms with van der Waals surface area (Å²) in [5.41, 5.74) is 5.71. The van der Waals surface area contributed by atoms with Crippen LogP contribution in [0.2, 0.25) is 0 Å². The molecular weight excluding hydrogens is 216 g/mol. The second kappa shape index (κ2) is 4.67. The zero-order valence-corrected chi connectivity index (χ0v) is 9.30. The first kappa shape index (κ1) is 11.2. The second-order valence-electron chi connectivity index (χ2n) is 3.96. The van der Waals surface area contributed by atoms with Crippen molar-refractivity contribution in [3.8, 4) is 12.1 Å². The average Bonchev–Trinajstić information content (AvgIpc) is 3.12. The van der Waals surface area contributed by atoms with Crippen LogP contribution >= 0.6 is 0 Å². The van der Waals surface area contributed by atoms with Gasteiger partial charge in [-0.25, -0.2) is 9.97 Å². The van der Waals surface area contributed by atoms with E-state index in [1.807, 2.05) is 12.1 Å². The Hall–Kier alpha value is -2.34. The largest absolute Gasteiger partial charge is 0.384 e. The molecule has 0 aliphatic heterocycles. The topological polar surface area (TPSA) is 103 Å². The number of nitrogen functional groups attached to an aromatic ring is 1. The first-order valence-corrected chi connectivity index (χ1v) is 5.38. The van der Waals surface area contributed by atoms with E-state index < -0.39 is 0 Å². The molecule has 2 rings (SSSR count). The Balaban J connectivity index is 2.29. The molecule has 0 amide bonds. The number of rotatable bonds is 4. The molecular formula is C11H12N6. The minimum Gasteiger partial charge on any atom is -0.384 e. The number of hydrogen-bond acceptors (Lipinski definition) is 6. The Labute approximate surface area is 99.3 Å². The molecule has 0 bridgehead atoms. The van der Waals surface area contributed by atoms with Gasteiger partial charge in [-0.2, -0.15) is 10.5 Å². The van der Waals surface area contributed by atoms with Crippen molar-refractivity contribution in [2.24, 2.45) is 0 Å². The molecule has 0 atom stereocenters. The molecule has 1 aromatic rings. The van der Waals surface area contributed by atoms with Crippen molar-refractivity contribution >= 4 is 11.6 Å². The number of hydrogen-bond donors (Lipinski definition) is 1. The van der Waals surface area contributed by atoms with Crippen molar-refractivity contribution in [3.63, 3.8) is 0 Å². The van der Waals surface area contributed by atoms with E-state index in [4.69, 9.17) is 16.3 Å². The summed E-state index contributed by atoms with van der Waals surface area (Å²) in [6, 6.07) is 5.61. The van der Waals surface area contributed by atoms with Gasteiger partial charge in [0, 0.05) is 12.0 Å². The lowest BCUT2D eigenvalue weighted by Gasteiger charge is -2.17. The van der Waals surface area contributed by atoms with Crippen LogP contribution in [0.3, 0.4) is 0 Å². The number of aromatic nitrogens is 2. The third kappa shape index (κ3) is 2.61. The summed E-state index contributed by atoms with van der Waals surface area (Å²) in [4.78, 5) is 10.1. The standard InChI is InChI=1S/C11H12N6/c12-3-5-17(6-4-13)10-7-9(14)15-11(16-10)8-1-2-8/h7-8H,1-2,5-6H2,(H2,14,15,16). The maximum absolute atomic E-state index is 8.71. The first-order valence-electron chi connectivity index (χ1n) is 5.38. The lowest BCUT2D eigenvalue weighted by Crippen LogP contribution is -2.25. The van der Waals surface area contributed by atoms with Gasteiger partial charge in [0.05, 0.1) is 12.1 Å². The number of nitrogens with two attached hydrogens (primary N) is 1. The third-order valence-electron chi connectivity index (χ3n) is 2.54. The van der Waals surface area contributed by atoms with Crippen LogP contribution in [-0.2, 0) is 0 Å². The highest BCUT2D eigenvalue weighted by molar-refractivity contribution is 5.49. The quantitative estimate of drug-likeness (QED) is 0.764. The predicted octanol–water partition coefficient (Wildman–Crippen LogP) is 0.790. The molecule has 6 nitrogen and oxygen atoms in total. The molecule has 2 N–H and O–H groups in total. The zero-order chi connectivity index (χ0) is 12.3. The molecule has 1 aromatic heterocycles. The van der Waals surface area contributed by atoms with E-state index in [1.165, 1.54) is 0 Å². The van der Waals surface area contributed by atoms with Crippen LogP contribution in [0, 0.1) is 22.7 Å². The third-order valence-corrected chi connectivity index (χ3v) is 2.54.